The Kier molecular flexibility index (Phi) is 6.26. The molecule has 1 aliphatic carbocycles. The lowest BCUT2D eigenvalue weighted by Crippen LogP contribution is -2.42. The third-order valence-corrected chi connectivity index (χ3v) is 6.72. The van der Waals surface area contributed by atoms with Gasteiger partial charge in [-0.15, -0.1) is 10.2 Å². The fourth-order valence-electron chi connectivity index (χ4n) is 5.14. The largest absolute Gasteiger partial charge is 0.456 e. The van der Waals surface area contributed by atoms with Gasteiger partial charge >= 0.3 is 5.97 Å². The number of amides is 1. The summed E-state index contributed by atoms with van der Waals surface area (Å²) in [6.45, 7) is 2.92. The minimum absolute atomic E-state index is 0.0836. The van der Waals surface area contributed by atoms with Crippen molar-refractivity contribution in [2.75, 3.05) is 13.7 Å². The number of hydrogen-bond acceptors (Lipinski definition) is 8. The number of hydrogen-bond donors (Lipinski definition) is 1. The molecule has 170 valence electrons. The number of cyclic esters (lactones) is 1. The predicted octanol–water partition coefficient (Wildman–Crippen LogP) is 1.88. The van der Waals surface area contributed by atoms with E-state index in [4.69, 9.17) is 10.6 Å². The number of aromatic nitrogens is 2. The summed E-state index contributed by atoms with van der Waals surface area (Å²) < 4.78 is 5.02. The monoisotopic (exact) mass is 440 g/mol. The van der Waals surface area contributed by atoms with Crippen LogP contribution in [0.3, 0.4) is 0 Å². The molecular formula is C21H28N8O3. The van der Waals surface area contributed by atoms with Gasteiger partial charge in [-0.1, -0.05) is 5.22 Å². The number of esters is 1. The maximum Gasteiger partial charge on any atom is 0.333 e. The normalized spacial score (nSPS) is 28.5. The highest BCUT2D eigenvalue weighted by Gasteiger charge is 2.53. The standard InChI is InChI=1S/C21H28N8O3/c1-14-10-21(20(31)29(14)17-9-19(30)32-12-17)7-5-16(6-8-21)28(2)11-15-3-4-18(26-25-15)23-13-24-27-22/h3-4,9,13-14,16H,5-8,10-12H2,1-2H3,(H2,22,23,24,26)/t14-,16?,21?/m1/s1. The highest BCUT2D eigenvalue weighted by atomic mass is 16.5. The van der Waals surface area contributed by atoms with Crippen LogP contribution in [0.2, 0.25) is 0 Å². The van der Waals surface area contributed by atoms with Gasteiger partial charge < -0.3 is 15.5 Å². The van der Waals surface area contributed by atoms with Gasteiger partial charge in [0, 0.05) is 24.7 Å². The van der Waals surface area contributed by atoms with Crippen molar-refractivity contribution in [2.45, 2.75) is 57.7 Å². The molecular weight excluding hydrogens is 412 g/mol. The van der Waals surface area contributed by atoms with Gasteiger partial charge in [-0.3, -0.25) is 9.69 Å². The summed E-state index contributed by atoms with van der Waals surface area (Å²) in [6, 6.07) is 4.12. The third kappa shape index (κ3) is 4.38. The second kappa shape index (κ2) is 9.11. The lowest BCUT2D eigenvalue weighted by molar-refractivity contribution is -0.138. The molecule has 3 aliphatic rings. The lowest BCUT2D eigenvalue weighted by Gasteiger charge is -2.39. The summed E-state index contributed by atoms with van der Waals surface area (Å²) in [4.78, 5) is 32.8. The first-order chi connectivity index (χ1) is 15.4. The van der Waals surface area contributed by atoms with E-state index in [1.54, 1.807) is 11.0 Å². The maximum absolute atomic E-state index is 13.3. The van der Waals surface area contributed by atoms with Crippen LogP contribution in [0, 0.1) is 5.41 Å². The van der Waals surface area contributed by atoms with Gasteiger partial charge in [0.15, 0.2) is 5.82 Å². The Labute approximate surface area is 186 Å². The first kappa shape index (κ1) is 22.0. The average Bonchev–Trinajstić information content (AvgIpc) is 3.30. The zero-order valence-corrected chi connectivity index (χ0v) is 18.3. The molecule has 3 heterocycles. The number of carbonyl (C=O) groups is 2. The van der Waals surface area contributed by atoms with Crippen LogP contribution < -0.4 is 5.84 Å². The van der Waals surface area contributed by atoms with Gasteiger partial charge in [-0.25, -0.2) is 9.79 Å². The van der Waals surface area contributed by atoms with Crippen molar-refractivity contribution in [1.29, 1.82) is 0 Å². The molecule has 1 aromatic rings. The van der Waals surface area contributed by atoms with E-state index in [2.05, 4.69) is 44.4 Å². The minimum atomic E-state index is -0.365. The molecule has 2 aliphatic heterocycles. The summed E-state index contributed by atoms with van der Waals surface area (Å²) in [6.07, 6.45) is 7.07. The Bertz CT molecular complexity index is 950. The molecule has 11 nitrogen and oxygen atoms in total. The quantitative estimate of drug-likeness (QED) is 0.178. The van der Waals surface area contributed by atoms with E-state index in [0.717, 1.165) is 37.8 Å². The average molecular weight is 441 g/mol. The van der Waals surface area contributed by atoms with Gasteiger partial charge in [0.05, 0.1) is 16.8 Å². The Morgan fingerprint density at radius 2 is 2.09 bits per heavy atom. The zero-order valence-electron chi connectivity index (χ0n) is 18.3. The molecule has 4 rings (SSSR count). The lowest BCUT2D eigenvalue weighted by atomic mass is 9.70. The molecule has 2 N–H and O–H groups in total. The SMILES string of the molecule is C[C@@H]1CC2(CCC(N(C)Cc3ccc(N=CN=NN)nn3)CC2)C(=O)N1C1=CC(=O)OC1. The van der Waals surface area contributed by atoms with Crippen LogP contribution in [-0.2, 0) is 20.9 Å². The second-order valence-electron chi connectivity index (χ2n) is 8.76. The molecule has 0 radical (unpaired) electrons. The number of aliphatic imine (C=N–C) groups is 1. The summed E-state index contributed by atoms with van der Waals surface area (Å²) in [5, 5.41) is 14.8. The molecule has 11 heteroatoms. The third-order valence-electron chi connectivity index (χ3n) is 6.72. The molecule has 1 saturated heterocycles. The first-order valence-electron chi connectivity index (χ1n) is 10.8. The Balaban J connectivity index is 1.34. The maximum atomic E-state index is 13.3. The van der Waals surface area contributed by atoms with E-state index in [1.165, 1.54) is 12.4 Å². The summed E-state index contributed by atoms with van der Waals surface area (Å²) in [5.74, 6) is 5.14. The summed E-state index contributed by atoms with van der Waals surface area (Å²) >= 11 is 0. The van der Waals surface area contributed by atoms with Gasteiger partial charge in [0.25, 0.3) is 0 Å². The van der Waals surface area contributed by atoms with Crippen molar-refractivity contribution in [3.63, 3.8) is 0 Å². The molecule has 1 spiro atoms. The van der Waals surface area contributed by atoms with Crippen LogP contribution in [0.25, 0.3) is 0 Å². The number of nitrogens with zero attached hydrogens (tertiary/aromatic N) is 7. The van der Waals surface area contributed by atoms with E-state index in [9.17, 15) is 9.59 Å². The van der Waals surface area contributed by atoms with Gasteiger partial charge in [0.1, 0.15) is 12.9 Å². The molecule has 0 aromatic carbocycles. The number of likely N-dealkylation sites (tertiary alicyclic amines) is 1. The number of ether oxygens (including phenoxy) is 1. The highest BCUT2D eigenvalue weighted by Crippen LogP contribution is 2.49. The van der Waals surface area contributed by atoms with Crippen LogP contribution in [0.1, 0.15) is 44.7 Å². The fourth-order valence-corrected chi connectivity index (χ4v) is 5.14. The van der Waals surface area contributed by atoms with Crippen LogP contribution in [0.4, 0.5) is 5.82 Å². The second-order valence-corrected chi connectivity index (χ2v) is 8.76. The van der Waals surface area contributed by atoms with Crippen molar-refractivity contribution in [1.82, 2.24) is 20.0 Å². The topological polar surface area (TPSA) is 139 Å². The van der Waals surface area contributed by atoms with Crippen molar-refractivity contribution in [3.05, 3.63) is 29.6 Å². The van der Waals surface area contributed by atoms with E-state index < -0.39 is 0 Å². The molecule has 0 unspecified atom stereocenters. The fraction of sp³-hybridized carbons (Fsp3) is 0.571. The van der Waals surface area contributed by atoms with Gasteiger partial charge in [-0.05, 0) is 58.2 Å². The van der Waals surface area contributed by atoms with Gasteiger partial charge in [0.2, 0.25) is 5.91 Å². The first-order valence-corrected chi connectivity index (χ1v) is 10.8. The Morgan fingerprint density at radius 1 is 1.31 bits per heavy atom. The minimum Gasteiger partial charge on any atom is -0.456 e. The van der Waals surface area contributed by atoms with Crippen LogP contribution in [0.15, 0.2) is 39.2 Å². The van der Waals surface area contributed by atoms with E-state index >= 15 is 0 Å². The number of rotatable bonds is 6. The van der Waals surface area contributed by atoms with Crippen molar-refractivity contribution < 1.29 is 14.3 Å². The Hall–Kier alpha value is -3.21. The van der Waals surface area contributed by atoms with Crippen LogP contribution >= 0.6 is 0 Å². The molecule has 1 atom stereocenters. The number of nitrogens with two attached hydrogens (primary N) is 1. The van der Waals surface area contributed by atoms with E-state index in [0.29, 0.717) is 24.1 Å². The van der Waals surface area contributed by atoms with Crippen LogP contribution in [0.5, 0.6) is 0 Å². The Morgan fingerprint density at radius 3 is 2.72 bits per heavy atom. The van der Waals surface area contributed by atoms with Gasteiger partial charge in [-0.2, -0.15) is 5.10 Å². The predicted molar refractivity (Wildman–Crippen MR) is 115 cm³/mol. The molecule has 2 fully saturated rings. The zero-order chi connectivity index (χ0) is 22.7. The van der Waals surface area contributed by atoms with Crippen molar-refractivity contribution >= 4 is 24.0 Å². The van der Waals surface area contributed by atoms with Crippen molar-refractivity contribution in [2.24, 2.45) is 26.6 Å². The molecule has 0 bridgehead atoms. The van der Waals surface area contributed by atoms with E-state index in [-0.39, 0.29) is 29.9 Å². The van der Waals surface area contributed by atoms with Crippen molar-refractivity contribution in [3.8, 4) is 0 Å². The molecule has 32 heavy (non-hydrogen) atoms. The van der Waals surface area contributed by atoms with Crippen LogP contribution in [-0.4, -0.2) is 64.0 Å². The molecule has 1 saturated carbocycles. The summed E-state index contributed by atoms with van der Waals surface area (Å²) in [5.41, 5.74) is 1.21. The van der Waals surface area contributed by atoms with E-state index in [1.807, 2.05) is 6.07 Å². The summed E-state index contributed by atoms with van der Waals surface area (Å²) in [7, 11) is 2.08. The smallest absolute Gasteiger partial charge is 0.333 e. The molecule has 1 amide bonds. The highest BCUT2D eigenvalue weighted by molar-refractivity contribution is 5.91. The molecule has 1 aromatic heterocycles. The number of carbonyl (C=O) groups excluding carboxylic acids is 2.